The van der Waals surface area contributed by atoms with Crippen molar-refractivity contribution in [1.29, 1.82) is 0 Å². The minimum absolute atomic E-state index is 0.502. The fourth-order valence-corrected chi connectivity index (χ4v) is 4.33. The summed E-state index contributed by atoms with van der Waals surface area (Å²) in [6.07, 6.45) is 8.67. The molecule has 4 rings (SSSR count). The normalized spacial score (nSPS) is 21.5. The van der Waals surface area contributed by atoms with Crippen LogP contribution < -0.4 is 5.32 Å². The third-order valence-corrected chi connectivity index (χ3v) is 5.90. The zero-order chi connectivity index (χ0) is 17.9. The van der Waals surface area contributed by atoms with Crippen LogP contribution in [0.1, 0.15) is 44.7 Å². The molecule has 2 fully saturated rings. The van der Waals surface area contributed by atoms with E-state index in [0.717, 1.165) is 30.4 Å². The number of nitrogens with zero attached hydrogens (tertiary/aromatic N) is 6. The van der Waals surface area contributed by atoms with Crippen molar-refractivity contribution in [1.82, 2.24) is 29.4 Å². The van der Waals surface area contributed by atoms with Crippen LogP contribution in [-0.2, 0) is 6.42 Å². The molecule has 2 aliphatic heterocycles. The molecule has 2 aliphatic rings. The van der Waals surface area contributed by atoms with Crippen molar-refractivity contribution in [2.45, 2.75) is 57.5 Å². The van der Waals surface area contributed by atoms with E-state index in [4.69, 9.17) is 0 Å². The van der Waals surface area contributed by atoms with Gasteiger partial charge in [0, 0.05) is 36.9 Å². The van der Waals surface area contributed by atoms with Crippen LogP contribution in [0.15, 0.2) is 12.4 Å². The Bertz CT molecular complexity index is 712. The Morgan fingerprint density at radius 2 is 1.88 bits per heavy atom. The van der Waals surface area contributed by atoms with Gasteiger partial charge in [0.25, 0.3) is 5.78 Å². The Morgan fingerprint density at radius 3 is 2.62 bits per heavy atom. The maximum absolute atomic E-state index is 4.60. The number of fused-ring (bicyclic) bond motifs is 1. The van der Waals surface area contributed by atoms with Crippen LogP contribution in [0.2, 0.25) is 0 Å². The summed E-state index contributed by atoms with van der Waals surface area (Å²) in [5.41, 5.74) is 1.10. The Morgan fingerprint density at radius 1 is 1.12 bits per heavy atom. The highest BCUT2D eigenvalue weighted by Crippen LogP contribution is 2.23. The molecule has 142 valence electrons. The molecular weight excluding hydrogens is 326 g/mol. The lowest BCUT2D eigenvalue weighted by Crippen LogP contribution is -2.48. The number of aryl methyl sites for hydroxylation is 1. The zero-order valence-corrected chi connectivity index (χ0v) is 16.1. The van der Waals surface area contributed by atoms with Gasteiger partial charge < -0.3 is 15.1 Å². The van der Waals surface area contributed by atoms with Crippen molar-refractivity contribution in [3.05, 3.63) is 18.1 Å². The topological polar surface area (TPSA) is 61.6 Å². The first-order valence-electron chi connectivity index (χ1n) is 10.1. The first-order chi connectivity index (χ1) is 12.7. The van der Waals surface area contributed by atoms with Gasteiger partial charge in [-0.3, -0.25) is 0 Å². The van der Waals surface area contributed by atoms with Crippen molar-refractivity contribution in [2.24, 2.45) is 0 Å². The molecule has 2 saturated heterocycles. The van der Waals surface area contributed by atoms with Gasteiger partial charge in [0.1, 0.15) is 12.1 Å². The van der Waals surface area contributed by atoms with Crippen LogP contribution >= 0.6 is 0 Å². The van der Waals surface area contributed by atoms with Gasteiger partial charge >= 0.3 is 0 Å². The Hall–Kier alpha value is -1.73. The molecular formula is C19H31N7. The van der Waals surface area contributed by atoms with E-state index >= 15 is 0 Å². The number of nitrogens with one attached hydrogen (secondary N) is 1. The lowest BCUT2D eigenvalue weighted by atomic mass is 9.98. The van der Waals surface area contributed by atoms with Crippen LogP contribution in [0.25, 0.3) is 5.78 Å². The van der Waals surface area contributed by atoms with Crippen molar-refractivity contribution >= 4 is 11.6 Å². The molecule has 4 heterocycles. The van der Waals surface area contributed by atoms with Gasteiger partial charge in [-0.2, -0.15) is 14.6 Å². The van der Waals surface area contributed by atoms with Crippen LogP contribution in [0.5, 0.6) is 0 Å². The third kappa shape index (κ3) is 3.83. The summed E-state index contributed by atoms with van der Waals surface area (Å²) in [6.45, 7) is 7.05. The number of likely N-dealkylation sites (tertiary alicyclic amines) is 2. The van der Waals surface area contributed by atoms with Gasteiger partial charge in [-0.25, -0.2) is 4.98 Å². The zero-order valence-electron chi connectivity index (χ0n) is 16.1. The first kappa shape index (κ1) is 17.7. The summed E-state index contributed by atoms with van der Waals surface area (Å²) in [5.74, 6) is 1.73. The van der Waals surface area contributed by atoms with Gasteiger partial charge in [0.05, 0.1) is 0 Å². The van der Waals surface area contributed by atoms with Crippen LogP contribution in [0.3, 0.4) is 0 Å². The Labute approximate surface area is 155 Å². The third-order valence-electron chi connectivity index (χ3n) is 5.90. The summed E-state index contributed by atoms with van der Waals surface area (Å²) in [6, 6.07) is 3.43. The summed E-state index contributed by atoms with van der Waals surface area (Å²) in [5, 5.41) is 8.07. The van der Waals surface area contributed by atoms with Crippen molar-refractivity contribution in [3.8, 4) is 0 Å². The van der Waals surface area contributed by atoms with Gasteiger partial charge in [-0.05, 0) is 52.2 Å². The predicted molar refractivity (Wildman–Crippen MR) is 104 cm³/mol. The highest BCUT2D eigenvalue weighted by atomic mass is 15.4. The van der Waals surface area contributed by atoms with E-state index in [9.17, 15) is 0 Å². The van der Waals surface area contributed by atoms with E-state index in [1.807, 2.05) is 4.52 Å². The maximum Gasteiger partial charge on any atom is 0.254 e. The molecule has 7 nitrogen and oxygen atoms in total. The monoisotopic (exact) mass is 357 g/mol. The molecule has 0 amide bonds. The van der Waals surface area contributed by atoms with E-state index in [-0.39, 0.29) is 0 Å². The second-order valence-corrected chi connectivity index (χ2v) is 7.84. The first-order valence-corrected chi connectivity index (χ1v) is 10.1. The number of piperidine rings is 2. The quantitative estimate of drug-likeness (QED) is 0.884. The fourth-order valence-electron chi connectivity index (χ4n) is 4.33. The van der Waals surface area contributed by atoms with Crippen LogP contribution in [0.4, 0.5) is 5.82 Å². The lowest BCUT2D eigenvalue weighted by molar-refractivity contribution is 0.0993. The summed E-state index contributed by atoms with van der Waals surface area (Å²) < 4.78 is 1.84. The highest BCUT2D eigenvalue weighted by molar-refractivity contribution is 5.45. The molecule has 0 bridgehead atoms. The standard InChI is InChI=1S/C19H31N7/c1-3-4-16-13-18(26-19(23-16)20-14-21-26)22-15-5-11-25(12-6-15)17-7-9-24(2)10-8-17/h13-15,17,22H,3-12H2,1-2H3. The number of aromatic nitrogens is 4. The molecule has 7 heteroatoms. The second kappa shape index (κ2) is 7.88. The number of hydrogen-bond donors (Lipinski definition) is 1. The highest BCUT2D eigenvalue weighted by Gasteiger charge is 2.27. The molecule has 0 saturated carbocycles. The van der Waals surface area contributed by atoms with Crippen LogP contribution in [0, 0.1) is 0 Å². The fraction of sp³-hybridized carbons (Fsp3) is 0.737. The number of anilines is 1. The molecule has 0 radical (unpaired) electrons. The lowest BCUT2D eigenvalue weighted by Gasteiger charge is -2.41. The van der Waals surface area contributed by atoms with E-state index in [0.29, 0.717) is 11.8 Å². The smallest absolute Gasteiger partial charge is 0.254 e. The summed E-state index contributed by atoms with van der Waals surface area (Å²) in [7, 11) is 2.23. The van der Waals surface area contributed by atoms with E-state index in [2.05, 4.69) is 50.2 Å². The SMILES string of the molecule is CCCc1cc(NC2CCN(C3CCN(C)CC3)CC2)n2ncnc2n1. The van der Waals surface area contributed by atoms with Crippen molar-refractivity contribution < 1.29 is 0 Å². The predicted octanol–water partition coefficient (Wildman–Crippen LogP) is 2.05. The molecule has 1 N–H and O–H groups in total. The van der Waals surface area contributed by atoms with E-state index in [1.54, 1.807) is 6.33 Å². The molecule has 0 unspecified atom stereocenters. The Balaban J connectivity index is 1.38. The Kier molecular flexibility index (Phi) is 5.36. The summed E-state index contributed by atoms with van der Waals surface area (Å²) >= 11 is 0. The van der Waals surface area contributed by atoms with Gasteiger partial charge in [0.2, 0.25) is 0 Å². The van der Waals surface area contributed by atoms with Crippen LogP contribution in [-0.4, -0.2) is 74.7 Å². The molecule has 0 aliphatic carbocycles. The summed E-state index contributed by atoms with van der Waals surface area (Å²) in [4.78, 5) is 14.0. The average Bonchev–Trinajstić information content (AvgIpc) is 3.12. The average molecular weight is 358 g/mol. The molecule has 2 aromatic heterocycles. The minimum atomic E-state index is 0.502. The molecule has 0 atom stereocenters. The molecule has 0 spiro atoms. The number of hydrogen-bond acceptors (Lipinski definition) is 6. The largest absolute Gasteiger partial charge is 0.367 e. The molecule has 26 heavy (non-hydrogen) atoms. The molecule has 0 aromatic carbocycles. The van der Waals surface area contributed by atoms with E-state index < -0.39 is 0 Å². The second-order valence-electron chi connectivity index (χ2n) is 7.84. The maximum atomic E-state index is 4.60. The van der Waals surface area contributed by atoms with Gasteiger partial charge in [0.15, 0.2) is 0 Å². The number of rotatable bonds is 5. The van der Waals surface area contributed by atoms with Crippen molar-refractivity contribution in [2.75, 3.05) is 38.5 Å². The van der Waals surface area contributed by atoms with E-state index in [1.165, 1.54) is 51.9 Å². The van der Waals surface area contributed by atoms with Gasteiger partial charge in [-0.1, -0.05) is 13.3 Å². The molecule has 2 aromatic rings. The minimum Gasteiger partial charge on any atom is -0.367 e. The van der Waals surface area contributed by atoms with Crippen molar-refractivity contribution in [3.63, 3.8) is 0 Å². The van der Waals surface area contributed by atoms with Gasteiger partial charge in [-0.15, -0.1) is 0 Å².